The first-order valence-electron chi connectivity index (χ1n) is 9.17. The summed E-state index contributed by atoms with van der Waals surface area (Å²) in [5, 5.41) is 0. The highest BCUT2D eigenvalue weighted by molar-refractivity contribution is 6.00. The van der Waals surface area contributed by atoms with Gasteiger partial charge in [-0.3, -0.25) is 4.79 Å². The van der Waals surface area contributed by atoms with Crippen LogP contribution in [0.25, 0.3) is 11.1 Å². The maximum atomic E-state index is 12.6. The quantitative estimate of drug-likeness (QED) is 0.584. The first-order chi connectivity index (χ1) is 13.9. The molecule has 0 aliphatic carbocycles. The Morgan fingerprint density at radius 3 is 2.00 bits per heavy atom. The van der Waals surface area contributed by atoms with Gasteiger partial charge in [0.2, 0.25) is 5.75 Å². The molecule has 0 amide bonds. The predicted molar refractivity (Wildman–Crippen MR) is 105 cm³/mol. The van der Waals surface area contributed by atoms with Crippen LogP contribution in [0.15, 0.2) is 16.5 Å². The molecule has 0 spiro atoms. The van der Waals surface area contributed by atoms with Crippen molar-refractivity contribution in [3.05, 3.63) is 29.2 Å². The largest absolute Gasteiger partial charge is 0.493 e. The van der Waals surface area contributed by atoms with Crippen molar-refractivity contribution in [3.8, 4) is 28.4 Å². The fourth-order valence-electron chi connectivity index (χ4n) is 3.05. The molecule has 0 atom stereocenters. The zero-order chi connectivity index (χ0) is 21.6. The van der Waals surface area contributed by atoms with Gasteiger partial charge < -0.3 is 28.1 Å². The monoisotopic (exact) mass is 406 g/mol. The first-order valence-corrected chi connectivity index (χ1v) is 9.17. The minimum Gasteiger partial charge on any atom is -0.493 e. The van der Waals surface area contributed by atoms with Gasteiger partial charge in [-0.05, 0) is 38.5 Å². The number of furan rings is 1. The normalized spacial score (nSPS) is 10.4. The minimum atomic E-state index is -0.549. The maximum Gasteiger partial charge on any atom is 0.342 e. The lowest BCUT2D eigenvalue weighted by atomic mass is 9.98. The molecule has 1 aromatic carbocycles. The van der Waals surface area contributed by atoms with Crippen molar-refractivity contribution in [2.75, 3.05) is 34.5 Å². The van der Waals surface area contributed by atoms with Crippen LogP contribution < -0.4 is 14.2 Å². The highest BCUT2D eigenvalue weighted by Crippen LogP contribution is 2.44. The number of carbonyl (C=O) groups is 2. The molecule has 0 aliphatic heterocycles. The van der Waals surface area contributed by atoms with E-state index < -0.39 is 11.9 Å². The Labute approximate surface area is 169 Å². The molecular formula is C21H26O8. The minimum absolute atomic E-state index is 0.139. The van der Waals surface area contributed by atoms with Crippen LogP contribution in [0.5, 0.6) is 17.2 Å². The second-order valence-corrected chi connectivity index (χ2v) is 5.95. The van der Waals surface area contributed by atoms with Crippen molar-refractivity contribution in [1.29, 1.82) is 0 Å². The lowest BCUT2D eigenvalue weighted by Gasteiger charge is -2.15. The van der Waals surface area contributed by atoms with Crippen LogP contribution in [-0.2, 0) is 20.7 Å². The molecule has 2 aromatic rings. The summed E-state index contributed by atoms with van der Waals surface area (Å²) >= 11 is 0. The summed E-state index contributed by atoms with van der Waals surface area (Å²) in [6, 6.07) is 3.37. The maximum absolute atomic E-state index is 12.6. The van der Waals surface area contributed by atoms with Crippen molar-refractivity contribution in [2.45, 2.75) is 27.2 Å². The number of ether oxygens (including phenoxy) is 5. The van der Waals surface area contributed by atoms with E-state index in [1.165, 1.54) is 21.3 Å². The fourth-order valence-corrected chi connectivity index (χ4v) is 3.05. The molecule has 0 unspecified atom stereocenters. The van der Waals surface area contributed by atoms with Gasteiger partial charge >= 0.3 is 11.9 Å². The number of hydrogen-bond acceptors (Lipinski definition) is 8. The second-order valence-electron chi connectivity index (χ2n) is 5.95. The first kappa shape index (κ1) is 22.1. The van der Waals surface area contributed by atoms with Crippen molar-refractivity contribution in [2.24, 2.45) is 0 Å². The van der Waals surface area contributed by atoms with E-state index in [9.17, 15) is 9.59 Å². The molecule has 1 heterocycles. The lowest BCUT2D eigenvalue weighted by Crippen LogP contribution is -2.09. The summed E-state index contributed by atoms with van der Waals surface area (Å²) < 4.78 is 32.2. The average Bonchev–Trinajstić information content (AvgIpc) is 3.02. The van der Waals surface area contributed by atoms with E-state index in [-0.39, 0.29) is 25.2 Å². The number of benzene rings is 1. The van der Waals surface area contributed by atoms with E-state index >= 15 is 0 Å². The fraction of sp³-hybridized carbons (Fsp3) is 0.429. The van der Waals surface area contributed by atoms with Crippen LogP contribution >= 0.6 is 0 Å². The van der Waals surface area contributed by atoms with E-state index in [0.717, 1.165) is 0 Å². The molecule has 29 heavy (non-hydrogen) atoms. The highest BCUT2D eigenvalue weighted by atomic mass is 16.5. The standard InChI is InChI=1S/C21H26O8/c1-7-27-17(22)11-14-19(18(12(3)29-14)21(23)28-8-2)13-9-15(24-4)20(26-6)16(10-13)25-5/h9-10H,7-8,11H2,1-6H3. The zero-order valence-corrected chi connectivity index (χ0v) is 17.5. The molecule has 0 N–H and O–H groups in total. The third kappa shape index (κ3) is 4.64. The van der Waals surface area contributed by atoms with Gasteiger partial charge in [0.25, 0.3) is 0 Å². The Kier molecular flexibility index (Phi) is 7.52. The molecular weight excluding hydrogens is 380 g/mol. The van der Waals surface area contributed by atoms with Gasteiger partial charge in [-0.1, -0.05) is 0 Å². The van der Waals surface area contributed by atoms with E-state index in [4.69, 9.17) is 28.1 Å². The second kappa shape index (κ2) is 9.86. The Bertz CT molecular complexity index is 856. The predicted octanol–water partition coefficient (Wildman–Crippen LogP) is 3.56. The van der Waals surface area contributed by atoms with Crippen LogP contribution in [0.2, 0.25) is 0 Å². The van der Waals surface area contributed by atoms with Gasteiger partial charge in [0.05, 0.1) is 34.5 Å². The molecule has 1 aromatic heterocycles. The van der Waals surface area contributed by atoms with Gasteiger partial charge in [-0.25, -0.2) is 4.79 Å². The number of aryl methyl sites for hydroxylation is 1. The summed E-state index contributed by atoms with van der Waals surface area (Å²) in [5.41, 5.74) is 1.22. The van der Waals surface area contributed by atoms with Gasteiger partial charge in [0.1, 0.15) is 23.5 Å². The summed E-state index contributed by atoms with van der Waals surface area (Å²) in [7, 11) is 4.49. The van der Waals surface area contributed by atoms with E-state index in [0.29, 0.717) is 39.9 Å². The number of hydrogen-bond donors (Lipinski definition) is 0. The topological polar surface area (TPSA) is 93.4 Å². The highest BCUT2D eigenvalue weighted by Gasteiger charge is 2.28. The third-order valence-electron chi connectivity index (χ3n) is 4.20. The Balaban J connectivity index is 2.74. The molecule has 2 rings (SSSR count). The molecule has 0 saturated heterocycles. The van der Waals surface area contributed by atoms with Crippen LogP contribution in [-0.4, -0.2) is 46.5 Å². The molecule has 8 nitrogen and oxygen atoms in total. The van der Waals surface area contributed by atoms with Crippen LogP contribution in [0.3, 0.4) is 0 Å². The number of rotatable bonds is 9. The summed E-state index contributed by atoms with van der Waals surface area (Å²) in [6.07, 6.45) is -0.139. The molecule has 158 valence electrons. The molecule has 0 radical (unpaired) electrons. The van der Waals surface area contributed by atoms with Crippen LogP contribution in [0.1, 0.15) is 35.7 Å². The number of carbonyl (C=O) groups excluding carboxylic acids is 2. The van der Waals surface area contributed by atoms with Crippen molar-refractivity contribution < 1.29 is 37.7 Å². The van der Waals surface area contributed by atoms with Crippen molar-refractivity contribution in [3.63, 3.8) is 0 Å². The summed E-state index contributed by atoms with van der Waals surface area (Å²) in [6.45, 7) is 5.51. The van der Waals surface area contributed by atoms with Gasteiger partial charge in [-0.2, -0.15) is 0 Å². The third-order valence-corrected chi connectivity index (χ3v) is 4.20. The van der Waals surface area contributed by atoms with E-state index in [1.807, 2.05) is 0 Å². The molecule has 0 bridgehead atoms. The zero-order valence-electron chi connectivity index (χ0n) is 17.5. The van der Waals surface area contributed by atoms with E-state index in [1.54, 1.807) is 32.9 Å². The Hall–Kier alpha value is -3.16. The summed E-state index contributed by atoms with van der Waals surface area (Å²) in [5.74, 6) is 0.821. The summed E-state index contributed by atoms with van der Waals surface area (Å²) in [4.78, 5) is 24.7. The molecule has 0 saturated carbocycles. The Morgan fingerprint density at radius 2 is 1.52 bits per heavy atom. The Morgan fingerprint density at radius 1 is 0.931 bits per heavy atom. The SMILES string of the molecule is CCOC(=O)Cc1oc(C)c(C(=O)OCC)c1-c1cc(OC)c(OC)c(OC)c1. The number of methoxy groups -OCH3 is 3. The van der Waals surface area contributed by atoms with Crippen molar-refractivity contribution >= 4 is 11.9 Å². The van der Waals surface area contributed by atoms with Gasteiger partial charge in [0, 0.05) is 5.56 Å². The molecule has 0 aliphatic rings. The molecule has 0 fully saturated rings. The smallest absolute Gasteiger partial charge is 0.342 e. The molecule has 8 heteroatoms. The number of esters is 2. The van der Waals surface area contributed by atoms with Crippen LogP contribution in [0.4, 0.5) is 0 Å². The lowest BCUT2D eigenvalue weighted by molar-refractivity contribution is -0.142. The van der Waals surface area contributed by atoms with Gasteiger partial charge in [-0.15, -0.1) is 0 Å². The van der Waals surface area contributed by atoms with E-state index in [2.05, 4.69) is 0 Å². The van der Waals surface area contributed by atoms with Crippen molar-refractivity contribution in [1.82, 2.24) is 0 Å². The van der Waals surface area contributed by atoms with Crippen LogP contribution in [0, 0.1) is 6.92 Å². The average molecular weight is 406 g/mol. The van der Waals surface area contributed by atoms with Gasteiger partial charge in [0.15, 0.2) is 11.5 Å².